The molecule has 39 heavy (non-hydrogen) atoms. The summed E-state index contributed by atoms with van der Waals surface area (Å²) in [5, 5.41) is 3.48. The Morgan fingerprint density at radius 3 is 2.36 bits per heavy atom. The number of ether oxygens (including phenoxy) is 1. The van der Waals surface area contributed by atoms with Gasteiger partial charge >= 0.3 is 0 Å². The van der Waals surface area contributed by atoms with E-state index < -0.39 is 0 Å². The molecule has 0 saturated heterocycles. The van der Waals surface area contributed by atoms with Crippen LogP contribution in [0.4, 0.5) is 11.4 Å². The summed E-state index contributed by atoms with van der Waals surface area (Å²) in [6.45, 7) is 3.29. The fourth-order valence-electron chi connectivity index (χ4n) is 4.56. The minimum Gasteiger partial charge on any atom is -0.388 e. The van der Waals surface area contributed by atoms with Crippen LogP contribution in [0.15, 0.2) is 66.7 Å². The number of allylic oxidation sites excluding steroid dienone is 1. The number of nitrogens with zero attached hydrogens (tertiary/aromatic N) is 2. The first kappa shape index (κ1) is 29.5. The number of amides is 1. The van der Waals surface area contributed by atoms with Crippen LogP contribution in [0.1, 0.15) is 39.0 Å². The largest absolute Gasteiger partial charge is 0.388 e. The smallest absolute Gasteiger partial charge is 0.228 e. The topological polar surface area (TPSA) is 79.0 Å². The second kappa shape index (κ2) is 14.2. The Bertz CT molecular complexity index is 1330. The van der Waals surface area contributed by atoms with Crippen LogP contribution in [-0.2, 0) is 20.7 Å². The molecule has 1 aliphatic heterocycles. The molecule has 7 nitrogen and oxygen atoms in total. The number of rotatable bonds is 9. The van der Waals surface area contributed by atoms with Crippen molar-refractivity contribution >= 4 is 41.1 Å². The van der Waals surface area contributed by atoms with Gasteiger partial charge in [-0.15, -0.1) is 0 Å². The average Bonchev–Trinajstić information content (AvgIpc) is 3.36. The summed E-state index contributed by atoms with van der Waals surface area (Å²) in [6.07, 6.45) is 2.93. The van der Waals surface area contributed by atoms with Crippen molar-refractivity contribution in [3.8, 4) is 0 Å². The van der Waals surface area contributed by atoms with Gasteiger partial charge in [0, 0.05) is 56.2 Å². The van der Waals surface area contributed by atoms with E-state index in [0.717, 1.165) is 59.2 Å². The molecule has 0 aromatic heterocycles. The van der Waals surface area contributed by atoms with Gasteiger partial charge in [0.25, 0.3) is 0 Å². The van der Waals surface area contributed by atoms with Gasteiger partial charge in [-0.25, -0.2) is 0 Å². The van der Waals surface area contributed by atoms with Crippen molar-refractivity contribution in [2.75, 3.05) is 51.6 Å². The minimum absolute atomic E-state index is 0.130. The number of hydrogen-bond acceptors (Lipinski definition) is 6. The van der Waals surface area contributed by atoms with Crippen LogP contribution >= 0.6 is 0 Å². The molecule has 3 aromatic carbocycles. The van der Waals surface area contributed by atoms with Crippen molar-refractivity contribution in [1.82, 2.24) is 4.90 Å². The van der Waals surface area contributed by atoms with Gasteiger partial charge in [0.2, 0.25) is 5.91 Å². The number of aryl methyl sites for hydroxylation is 1. The van der Waals surface area contributed by atoms with Gasteiger partial charge in [0.15, 0.2) is 6.29 Å². The molecule has 7 heteroatoms. The first-order chi connectivity index (χ1) is 18.8. The quantitative estimate of drug-likeness (QED) is 0.237. The molecule has 1 heterocycles. The number of carbonyl (C=O) groups excluding carboxylic acids is 3. The van der Waals surface area contributed by atoms with E-state index in [1.165, 1.54) is 0 Å². The molecule has 0 unspecified atom stereocenters. The lowest BCUT2D eigenvalue weighted by Crippen LogP contribution is -2.31. The second-order valence-electron chi connectivity index (χ2n) is 9.69. The Labute approximate surface area is 231 Å². The van der Waals surface area contributed by atoms with Crippen LogP contribution in [0.2, 0.25) is 0 Å². The van der Waals surface area contributed by atoms with E-state index in [9.17, 15) is 14.4 Å². The van der Waals surface area contributed by atoms with Gasteiger partial charge in [-0.2, -0.15) is 0 Å². The normalized spacial score (nSPS) is 12.7. The summed E-state index contributed by atoms with van der Waals surface area (Å²) >= 11 is 0. The highest BCUT2D eigenvalue weighted by molar-refractivity contribution is 6.19. The number of benzene rings is 3. The number of carbonyl (C=O) groups is 3. The summed E-state index contributed by atoms with van der Waals surface area (Å²) in [5.74, 6) is 0.130. The van der Waals surface area contributed by atoms with Crippen molar-refractivity contribution in [2.45, 2.75) is 19.8 Å². The molecule has 4 rings (SSSR count). The van der Waals surface area contributed by atoms with Crippen LogP contribution < -0.4 is 10.2 Å². The summed E-state index contributed by atoms with van der Waals surface area (Å²) in [6, 6.07) is 21.0. The molecule has 0 radical (unpaired) electrons. The Morgan fingerprint density at radius 2 is 1.74 bits per heavy atom. The third kappa shape index (κ3) is 7.50. The van der Waals surface area contributed by atoms with Gasteiger partial charge in [0.1, 0.15) is 6.29 Å². The van der Waals surface area contributed by atoms with Crippen LogP contribution in [0, 0.1) is 6.92 Å². The lowest BCUT2D eigenvalue weighted by atomic mass is 9.95. The van der Waals surface area contributed by atoms with Crippen molar-refractivity contribution in [1.29, 1.82) is 0 Å². The Morgan fingerprint density at radius 1 is 1.03 bits per heavy atom. The maximum Gasteiger partial charge on any atom is 0.228 e. The van der Waals surface area contributed by atoms with E-state index >= 15 is 0 Å². The second-order valence-corrected chi connectivity index (χ2v) is 9.69. The van der Waals surface area contributed by atoms with E-state index in [0.29, 0.717) is 29.8 Å². The number of hydrogen-bond donors (Lipinski definition) is 1. The van der Waals surface area contributed by atoms with Crippen molar-refractivity contribution in [3.63, 3.8) is 0 Å². The van der Waals surface area contributed by atoms with E-state index in [1.54, 1.807) is 26.4 Å². The summed E-state index contributed by atoms with van der Waals surface area (Å²) in [7, 11) is 7.18. The first-order valence-corrected chi connectivity index (χ1v) is 12.9. The Hall–Kier alpha value is -4.07. The zero-order valence-electron chi connectivity index (χ0n) is 23.4. The molecular formula is C32H37N3O4. The predicted octanol–water partition coefficient (Wildman–Crippen LogP) is 5.09. The molecular weight excluding hydrogens is 490 g/mol. The maximum atomic E-state index is 12.7. The number of anilines is 2. The highest BCUT2D eigenvalue weighted by Gasteiger charge is 2.25. The molecule has 1 aliphatic rings. The number of aldehydes is 2. The van der Waals surface area contributed by atoms with Crippen LogP contribution in [0.25, 0.3) is 11.3 Å². The van der Waals surface area contributed by atoms with Crippen LogP contribution in [0.3, 0.4) is 0 Å². The van der Waals surface area contributed by atoms with E-state index in [2.05, 4.69) is 16.1 Å². The number of fused-ring (bicyclic) bond motifs is 1. The van der Waals surface area contributed by atoms with Crippen LogP contribution in [-0.4, -0.2) is 64.8 Å². The van der Waals surface area contributed by atoms with Crippen molar-refractivity contribution < 1.29 is 19.1 Å². The molecule has 0 fully saturated rings. The van der Waals surface area contributed by atoms with E-state index in [1.807, 2.05) is 79.3 Å². The predicted molar refractivity (Wildman–Crippen MR) is 158 cm³/mol. The highest BCUT2D eigenvalue weighted by atomic mass is 16.4. The minimum atomic E-state index is 0.130. The lowest BCUT2D eigenvalue weighted by molar-refractivity contribution is -0.118. The molecule has 0 saturated carbocycles. The first-order valence-electron chi connectivity index (χ1n) is 12.9. The lowest BCUT2D eigenvalue weighted by Gasteiger charge is -2.20. The number of methoxy groups -OCH3 is 1. The third-order valence-electron chi connectivity index (χ3n) is 6.44. The third-order valence-corrected chi connectivity index (χ3v) is 6.44. The van der Waals surface area contributed by atoms with E-state index in [4.69, 9.17) is 0 Å². The summed E-state index contributed by atoms with van der Waals surface area (Å²) in [5.41, 5.74) is 7.14. The Balaban J connectivity index is 0.00000134. The van der Waals surface area contributed by atoms with Crippen molar-refractivity contribution in [2.24, 2.45) is 0 Å². The number of nitrogens with one attached hydrogen (secondary N) is 1. The standard InChI is InChI=1S/C30H31N3O3.C2H6O/c1-21-17-22(19-34)9-11-26(21)27(20-35)30(23-7-5-4-6-8-23)31-25-10-12-28-24(18-25)13-16-33(28)29(36)14-15-32(2)3;1-3-2/h4-12,17-20,31H,13-16H2,1-3H3;1-2H3/b30-27+;. The molecule has 0 spiro atoms. The molecule has 204 valence electrons. The summed E-state index contributed by atoms with van der Waals surface area (Å²) in [4.78, 5) is 40.2. The molecule has 1 N–H and O–H groups in total. The van der Waals surface area contributed by atoms with Gasteiger partial charge < -0.3 is 19.9 Å². The molecule has 1 amide bonds. The molecule has 0 bridgehead atoms. The SMILES string of the molecule is COC.Cc1cc(C=O)ccc1/C(C=O)=C(/Nc1ccc2c(c1)CCN2C(=O)CCN(C)C)c1ccccc1. The average molecular weight is 528 g/mol. The fraction of sp³-hybridized carbons (Fsp3) is 0.281. The fourth-order valence-corrected chi connectivity index (χ4v) is 4.56. The zero-order valence-corrected chi connectivity index (χ0v) is 23.4. The van der Waals surface area contributed by atoms with Gasteiger partial charge in [-0.1, -0.05) is 42.5 Å². The van der Waals surface area contributed by atoms with E-state index in [-0.39, 0.29) is 5.91 Å². The van der Waals surface area contributed by atoms with Gasteiger partial charge in [-0.3, -0.25) is 14.4 Å². The van der Waals surface area contributed by atoms with Crippen LogP contribution in [0.5, 0.6) is 0 Å². The zero-order chi connectivity index (χ0) is 28.4. The van der Waals surface area contributed by atoms with Gasteiger partial charge in [0.05, 0.1) is 5.70 Å². The van der Waals surface area contributed by atoms with Gasteiger partial charge in [-0.05, 0) is 74.0 Å². The molecule has 0 atom stereocenters. The Kier molecular flexibility index (Phi) is 10.7. The van der Waals surface area contributed by atoms with Crippen molar-refractivity contribution in [3.05, 3.63) is 94.5 Å². The molecule has 3 aromatic rings. The summed E-state index contributed by atoms with van der Waals surface area (Å²) < 4.78 is 4.25. The highest BCUT2D eigenvalue weighted by Crippen LogP contribution is 2.34. The molecule has 0 aliphatic carbocycles. The monoisotopic (exact) mass is 527 g/mol. The maximum absolute atomic E-state index is 12.7.